The lowest BCUT2D eigenvalue weighted by molar-refractivity contribution is -0.143. The molecule has 0 radical (unpaired) electrons. The Morgan fingerprint density at radius 2 is 2.04 bits per heavy atom. The fraction of sp³-hybridized carbons (Fsp3) is 0.400. The van der Waals surface area contributed by atoms with Gasteiger partial charge in [-0.3, -0.25) is 4.79 Å². The summed E-state index contributed by atoms with van der Waals surface area (Å²) < 4.78 is 14.1. The monoisotopic (exact) mass is 389 g/mol. The minimum Gasteiger partial charge on any atom is -0.391 e. The van der Waals surface area contributed by atoms with E-state index in [2.05, 4.69) is 4.98 Å². The fourth-order valence-corrected chi connectivity index (χ4v) is 4.15. The smallest absolute Gasteiger partial charge is 0.232 e. The number of carbonyl (C=O) groups is 1. The highest BCUT2D eigenvalue weighted by atomic mass is 35.5. The summed E-state index contributed by atoms with van der Waals surface area (Å²) in [6.45, 7) is 1.71. The molecule has 2 aliphatic heterocycles. The third-order valence-corrected chi connectivity index (χ3v) is 5.64. The Bertz CT molecular complexity index is 839. The molecule has 1 aromatic heterocycles. The van der Waals surface area contributed by atoms with E-state index in [-0.39, 0.29) is 17.5 Å². The number of aromatic nitrogens is 1. The number of aliphatic hydroxyl groups is 1. The third-order valence-electron chi connectivity index (χ3n) is 5.39. The highest BCUT2D eigenvalue weighted by Gasteiger charge is 2.52. The molecule has 1 amide bonds. The van der Waals surface area contributed by atoms with Crippen LogP contribution in [0.3, 0.4) is 0 Å². The van der Waals surface area contributed by atoms with Gasteiger partial charge in [0.25, 0.3) is 0 Å². The number of nitrogens with zero attached hydrogens (tertiary/aromatic N) is 3. The number of hydrogen-bond acceptors (Lipinski definition) is 4. The van der Waals surface area contributed by atoms with Crippen LogP contribution in [0.25, 0.3) is 0 Å². The molecule has 142 valence electrons. The number of amides is 1. The first-order valence-electron chi connectivity index (χ1n) is 9.04. The average Bonchev–Trinajstić information content (AvgIpc) is 3.06. The predicted molar refractivity (Wildman–Crippen MR) is 101 cm³/mol. The molecule has 0 saturated carbocycles. The van der Waals surface area contributed by atoms with E-state index < -0.39 is 11.5 Å². The summed E-state index contributed by atoms with van der Waals surface area (Å²) in [6.07, 6.45) is 2.23. The van der Waals surface area contributed by atoms with Crippen molar-refractivity contribution >= 4 is 23.3 Å². The molecule has 4 rings (SSSR count). The standard InChI is InChI=1S/C20H21ClFN3O2/c21-15-5-3-14(4-6-15)10-20(19(27)24-9-7-16(26)11-24)12-25(13-20)18-17(22)2-1-8-23-18/h1-6,8,16,26H,7,9-13H2. The number of halogens is 2. The van der Waals surface area contributed by atoms with Crippen LogP contribution >= 0.6 is 11.6 Å². The van der Waals surface area contributed by atoms with E-state index in [0.717, 1.165) is 5.56 Å². The van der Waals surface area contributed by atoms with Gasteiger partial charge in [0.05, 0.1) is 11.5 Å². The number of rotatable bonds is 4. The first-order chi connectivity index (χ1) is 13.0. The quantitative estimate of drug-likeness (QED) is 0.873. The Balaban J connectivity index is 1.58. The van der Waals surface area contributed by atoms with Crippen LogP contribution in [0.5, 0.6) is 0 Å². The second-order valence-electron chi connectivity index (χ2n) is 7.44. The van der Waals surface area contributed by atoms with Crippen LogP contribution in [0.1, 0.15) is 12.0 Å². The maximum atomic E-state index is 14.1. The molecule has 7 heteroatoms. The van der Waals surface area contributed by atoms with Gasteiger partial charge in [-0.25, -0.2) is 9.37 Å². The Hall–Kier alpha value is -2.18. The van der Waals surface area contributed by atoms with Crippen LogP contribution in [0.2, 0.25) is 5.02 Å². The molecular weight excluding hydrogens is 369 g/mol. The van der Waals surface area contributed by atoms with Gasteiger partial charge in [-0.1, -0.05) is 23.7 Å². The van der Waals surface area contributed by atoms with Crippen LogP contribution in [0, 0.1) is 11.2 Å². The molecule has 2 saturated heterocycles. The number of aliphatic hydroxyl groups excluding tert-OH is 1. The van der Waals surface area contributed by atoms with Crippen molar-refractivity contribution in [2.75, 3.05) is 31.1 Å². The molecule has 2 fully saturated rings. The summed E-state index contributed by atoms with van der Waals surface area (Å²) in [6, 6.07) is 10.4. The number of β-amino-alcohol motifs (C(OH)–C–C–N with tert-alkyl or cyclic N) is 1. The molecule has 2 aliphatic rings. The zero-order chi connectivity index (χ0) is 19.0. The molecule has 0 bridgehead atoms. The largest absolute Gasteiger partial charge is 0.391 e. The molecule has 1 unspecified atom stereocenters. The highest BCUT2D eigenvalue weighted by molar-refractivity contribution is 6.30. The van der Waals surface area contributed by atoms with Gasteiger partial charge >= 0.3 is 0 Å². The molecule has 0 spiro atoms. The number of hydrogen-bond donors (Lipinski definition) is 1. The van der Waals surface area contributed by atoms with Crippen molar-refractivity contribution in [3.63, 3.8) is 0 Å². The molecule has 2 aromatic rings. The lowest BCUT2D eigenvalue weighted by Gasteiger charge is -2.51. The number of pyridine rings is 1. The number of likely N-dealkylation sites (tertiary alicyclic amines) is 1. The van der Waals surface area contributed by atoms with Crippen LogP contribution in [0.4, 0.5) is 10.2 Å². The third kappa shape index (κ3) is 3.51. The van der Waals surface area contributed by atoms with Crippen molar-refractivity contribution in [2.24, 2.45) is 5.41 Å². The van der Waals surface area contributed by atoms with Crippen LogP contribution in [-0.4, -0.2) is 53.2 Å². The first-order valence-corrected chi connectivity index (χ1v) is 9.42. The minimum absolute atomic E-state index is 0.0154. The fourth-order valence-electron chi connectivity index (χ4n) is 4.02. The molecule has 0 aliphatic carbocycles. The van der Waals surface area contributed by atoms with Gasteiger partial charge < -0.3 is 14.9 Å². The zero-order valence-electron chi connectivity index (χ0n) is 14.8. The Morgan fingerprint density at radius 1 is 1.30 bits per heavy atom. The lowest BCUT2D eigenvalue weighted by Crippen LogP contribution is -2.65. The maximum absolute atomic E-state index is 14.1. The number of carbonyl (C=O) groups excluding carboxylic acids is 1. The number of anilines is 1. The highest BCUT2D eigenvalue weighted by Crippen LogP contribution is 2.40. The SMILES string of the molecule is O=C(N1CCC(O)C1)C1(Cc2ccc(Cl)cc2)CN(c2ncccc2F)C1. The summed E-state index contributed by atoms with van der Waals surface area (Å²) in [7, 11) is 0. The van der Waals surface area contributed by atoms with Crippen LogP contribution < -0.4 is 4.90 Å². The first kappa shape index (κ1) is 18.2. The van der Waals surface area contributed by atoms with E-state index in [1.54, 1.807) is 22.1 Å². The van der Waals surface area contributed by atoms with Crippen molar-refractivity contribution < 1.29 is 14.3 Å². The topological polar surface area (TPSA) is 56.7 Å². The normalized spacial score (nSPS) is 21.2. The maximum Gasteiger partial charge on any atom is 0.232 e. The van der Waals surface area contributed by atoms with Gasteiger partial charge in [-0.2, -0.15) is 0 Å². The second-order valence-corrected chi connectivity index (χ2v) is 7.88. The summed E-state index contributed by atoms with van der Waals surface area (Å²) >= 11 is 5.97. The molecule has 1 N–H and O–H groups in total. The molecule has 1 aromatic carbocycles. The second kappa shape index (κ2) is 7.09. The van der Waals surface area contributed by atoms with Crippen molar-refractivity contribution in [1.29, 1.82) is 0 Å². The molecule has 3 heterocycles. The van der Waals surface area contributed by atoms with Crippen LogP contribution in [0.15, 0.2) is 42.6 Å². The summed E-state index contributed by atoms with van der Waals surface area (Å²) in [5, 5.41) is 10.5. The van der Waals surface area contributed by atoms with Gasteiger partial charge in [0.2, 0.25) is 5.91 Å². The molecule has 27 heavy (non-hydrogen) atoms. The van der Waals surface area contributed by atoms with Gasteiger partial charge in [-0.05, 0) is 42.7 Å². The van der Waals surface area contributed by atoms with Crippen molar-refractivity contribution in [2.45, 2.75) is 18.9 Å². The zero-order valence-corrected chi connectivity index (χ0v) is 15.6. The predicted octanol–water partition coefficient (Wildman–Crippen LogP) is 2.52. The van der Waals surface area contributed by atoms with E-state index >= 15 is 0 Å². The van der Waals surface area contributed by atoms with E-state index in [0.29, 0.717) is 44.0 Å². The van der Waals surface area contributed by atoms with E-state index in [9.17, 15) is 14.3 Å². The van der Waals surface area contributed by atoms with Gasteiger partial charge in [-0.15, -0.1) is 0 Å². The summed E-state index contributed by atoms with van der Waals surface area (Å²) in [5.41, 5.74) is 0.357. The lowest BCUT2D eigenvalue weighted by atomic mass is 9.73. The minimum atomic E-state index is -0.651. The summed E-state index contributed by atoms with van der Waals surface area (Å²) in [4.78, 5) is 20.9. The van der Waals surface area contributed by atoms with Crippen molar-refractivity contribution in [1.82, 2.24) is 9.88 Å². The van der Waals surface area contributed by atoms with Gasteiger partial charge in [0.15, 0.2) is 11.6 Å². The van der Waals surface area contributed by atoms with Gasteiger partial charge in [0.1, 0.15) is 0 Å². The summed E-state index contributed by atoms with van der Waals surface area (Å²) in [5.74, 6) is -0.0956. The van der Waals surface area contributed by atoms with Gasteiger partial charge in [0, 0.05) is 37.4 Å². The number of benzene rings is 1. The Morgan fingerprint density at radius 3 is 2.67 bits per heavy atom. The van der Waals surface area contributed by atoms with E-state index in [4.69, 9.17) is 11.6 Å². The van der Waals surface area contributed by atoms with E-state index in [1.807, 2.05) is 24.3 Å². The molecule has 5 nitrogen and oxygen atoms in total. The molecular formula is C20H21ClFN3O2. The van der Waals surface area contributed by atoms with Crippen molar-refractivity contribution in [3.05, 3.63) is 59.0 Å². The van der Waals surface area contributed by atoms with E-state index in [1.165, 1.54) is 6.07 Å². The van der Waals surface area contributed by atoms with Crippen LogP contribution in [-0.2, 0) is 11.2 Å². The van der Waals surface area contributed by atoms with Crippen molar-refractivity contribution in [3.8, 4) is 0 Å². The Labute approximate surface area is 162 Å². The molecule has 1 atom stereocenters. The Kier molecular flexibility index (Phi) is 4.78. The average molecular weight is 390 g/mol.